The molecule has 0 radical (unpaired) electrons. The molecule has 114 valence electrons. The first-order chi connectivity index (χ1) is 10.1. The Bertz CT molecular complexity index is 530. The van der Waals surface area contributed by atoms with Crippen LogP contribution in [0.4, 0.5) is 0 Å². The van der Waals surface area contributed by atoms with Gasteiger partial charge in [0.2, 0.25) is 0 Å². The van der Waals surface area contributed by atoms with Crippen molar-refractivity contribution in [2.24, 2.45) is 0 Å². The normalized spacial score (nSPS) is 29.1. The molecule has 3 rings (SSSR count). The highest BCUT2D eigenvalue weighted by molar-refractivity contribution is 5.96. The highest BCUT2D eigenvalue weighted by Crippen LogP contribution is 2.32. The van der Waals surface area contributed by atoms with Crippen LogP contribution in [0.1, 0.15) is 48.0 Å². The molecule has 4 nitrogen and oxygen atoms in total. The number of hydrogen-bond acceptors (Lipinski definition) is 3. The Morgan fingerprint density at radius 3 is 2.62 bits per heavy atom. The molecule has 0 spiro atoms. The fraction of sp³-hybridized carbons (Fsp3) is 0.588. The van der Waals surface area contributed by atoms with Gasteiger partial charge in [-0.1, -0.05) is 12.5 Å². The third-order valence-electron chi connectivity index (χ3n) is 5.22. The van der Waals surface area contributed by atoms with E-state index in [1.807, 2.05) is 0 Å². The molecule has 21 heavy (non-hydrogen) atoms. The standard InChI is InChI=1S/C17H24N2O2/c1-11-15(7-4-8-16(11)20)17(21)18-12-9-13-5-3-6-14(10-12)19(13)2/h4,7-8,12-14,20H,3,5-6,9-10H2,1-2H3,(H,18,21). The zero-order valence-corrected chi connectivity index (χ0v) is 12.8. The molecule has 1 aromatic rings. The van der Waals surface area contributed by atoms with E-state index in [0.29, 0.717) is 23.2 Å². The van der Waals surface area contributed by atoms with E-state index in [9.17, 15) is 9.90 Å². The molecule has 2 atom stereocenters. The first-order valence-electron chi connectivity index (χ1n) is 7.87. The number of rotatable bonds is 2. The topological polar surface area (TPSA) is 52.6 Å². The quantitative estimate of drug-likeness (QED) is 0.879. The van der Waals surface area contributed by atoms with Crippen molar-refractivity contribution in [1.82, 2.24) is 10.2 Å². The van der Waals surface area contributed by atoms with Crippen LogP contribution in [0.2, 0.25) is 0 Å². The van der Waals surface area contributed by atoms with Crippen LogP contribution in [-0.4, -0.2) is 41.1 Å². The van der Waals surface area contributed by atoms with E-state index in [0.717, 1.165) is 12.8 Å². The number of nitrogens with one attached hydrogen (secondary N) is 1. The molecule has 0 aliphatic carbocycles. The molecule has 1 aromatic carbocycles. The summed E-state index contributed by atoms with van der Waals surface area (Å²) >= 11 is 0. The Morgan fingerprint density at radius 1 is 1.29 bits per heavy atom. The average Bonchev–Trinajstić information content (AvgIpc) is 2.43. The third-order valence-corrected chi connectivity index (χ3v) is 5.22. The van der Waals surface area contributed by atoms with Crippen LogP contribution in [-0.2, 0) is 0 Å². The molecule has 1 amide bonds. The van der Waals surface area contributed by atoms with E-state index >= 15 is 0 Å². The van der Waals surface area contributed by atoms with E-state index in [1.165, 1.54) is 19.3 Å². The Morgan fingerprint density at radius 2 is 1.95 bits per heavy atom. The lowest BCUT2D eigenvalue weighted by molar-refractivity contribution is 0.0463. The van der Waals surface area contributed by atoms with Crippen molar-refractivity contribution < 1.29 is 9.90 Å². The van der Waals surface area contributed by atoms with Crippen LogP contribution in [0.15, 0.2) is 18.2 Å². The zero-order chi connectivity index (χ0) is 15.0. The lowest BCUT2D eigenvalue weighted by atomic mass is 9.82. The molecule has 0 saturated carbocycles. The predicted octanol–water partition coefficient (Wildman–Crippen LogP) is 2.45. The number of carbonyl (C=O) groups excluding carboxylic acids is 1. The van der Waals surface area contributed by atoms with Crippen molar-refractivity contribution in [2.45, 2.75) is 57.2 Å². The van der Waals surface area contributed by atoms with Gasteiger partial charge >= 0.3 is 0 Å². The summed E-state index contributed by atoms with van der Waals surface area (Å²) in [6, 6.07) is 6.58. The van der Waals surface area contributed by atoms with Crippen LogP contribution in [0, 0.1) is 6.92 Å². The smallest absolute Gasteiger partial charge is 0.251 e. The van der Waals surface area contributed by atoms with E-state index in [1.54, 1.807) is 25.1 Å². The van der Waals surface area contributed by atoms with Crippen molar-refractivity contribution in [1.29, 1.82) is 0 Å². The van der Waals surface area contributed by atoms with Gasteiger partial charge in [0.1, 0.15) is 5.75 Å². The maximum absolute atomic E-state index is 12.5. The van der Waals surface area contributed by atoms with E-state index < -0.39 is 0 Å². The van der Waals surface area contributed by atoms with Gasteiger partial charge in [-0.25, -0.2) is 0 Å². The third kappa shape index (κ3) is 2.77. The SMILES string of the molecule is Cc1c(O)cccc1C(=O)NC1CC2CCCC(C1)N2C. The van der Waals surface area contributed by atoms with Gasteiger partial charge in [-0.05, 0) is 51.8 Å². The molecule has 2 fully saturated rings. The number of hydrogen-bond donors (Lipinski definition) is 2. The monoisotopic (exact) mass is 288 g/mol. The number of amides is 1. The Balaban J connectivity index is 1.69. The van der Waals surface area contributed by atoms with Crippen LogP contribution in [0.3, 0.4) is 0 Å². The molecule has 2 bridgehead atoms. The minimum Gasteiger partial charge on any atom is -0.508 e. The molecular weight excluding hydrogens is 264 g/mol. The number of piperidine rings is 2. The number of phenols is 1. The molecule has 2 heterocycles. The van der Waals surface area contributed by atoms with Gasteiger partial charge in [0.05, 0.1) is 0 Å². The maximum atomic E-state index is 12.5. The van der Waals surface area contributed by atoms with Crippen LogP contribution < -0.4 is 5.32 Å². The van der Waals surface area contributed by atoms with Crippen molar-refractivity contribution in [3.8, 4) is 5.75 Å². The van der Waals surface area contributed by atoms with Gasteiger partial charge in [0.15, 0.2) is 0 Å². The van der Waals surface area contributed by atoms with E-state index in [-0.39, 0.29) is 17.7 Å². The summed E-state index contributed by atoms with van der Waals surface area (Å²) in [6.07, 6.45) is 5.87. The van der Waals surface area contributed by atoms with E-state index in [2.05, 4.69) is 17.3 Å². The molecule has 2 unspecified atom stereocenters. The number of aromatic hydroxyl groups is 1. The second-order valence-electron chi connectivity index (χ2n) is 6.50. The molecule has 2 aliphatic rings. The summed E-state index contributed by atoms with van der Waals surface area (Å²) in [5.41, 5.74) is 1.24. The lowest BCUT2D eigenvalue weighted by Gasteiger charge is -2.47. The van der Waals surface area contributed by atoms with Crippen LogP contribution >= 0.6 is 0 Å². The van der Waals surface area contributed by atoms with Gasteiger partial charge in [-0.3, -0.25) is 4.79 Å². The number of fused-ring (bicyclic) bond motifs is 2. The minimum absolute atomic E-state index is 0.0592. The Kier molecular flexibility index (Phi) is 3.89. The van der Waals surface area contributed by atoms with Gasteiger partial charge < -0.3 is 15.3 Å². The number of phenolic OH excluding ortho intramolecular Hbond substituents is 1. The molecule has 4 heteroatoms. The van der Waals surface area contributed by atoms with Gasteiger partial charge in [-0.15, -0.1) is 0 Å². The van der Waals surface area contributed by atoms with Gasteiger partial charge in [-0.2, -0.15) is 0 Å². The average molecular weight is 288 g/mol. The highest BCUT2D eigenvalue weighted by atomic mass is 16.3. The Hall–Kier alpha value is -1.55. The number of nitrogens with zero attached hydrogens (tertiary/aromatic N) is 1. The summed E-state index contributed by atoms with van der Waals surface area (Å²) in [6.45, 7) is 1.79. The molecule has 0 aromatic heterocycles. The summed E-state index contributed by atoms with van der Waals surface area (Å²) in [5, 5.41) is 12.9. The Labute approximate surface area is 126 Å². The number of benzene rings is 1. The molecular formula is C17H24N2O2. The minimum atomic E-state index is -0.0592. The summed E-state index contributed by atoms with van der Waals surface area (Å²) in [5.74, 6) is 0.124. The van der Waals surface area contributed by atoms with Gasteiger partial charge in [0, 0.05) is 29.3 Å². The van der Waals surface area contributed by atoms with Crippen molar-refractivity contribution in [3.05, 3.63) is 29.3 Å². The summed E-state index contributed by atoms with van der Waals surface area (Å²) in [7, 11) is 2.21. The fourth-order valence-corrected chi connectivity index (χ4v) is 3.87. The second-order valence-corrected chi connectivity index (χ2v) is 6.50. The lowest BCUT2D eigenvalue weighted by Crippen LogP contribution is -2.55. The molecule has 2 N–H and O–H groups in total. The van der Waals surface area contributed by atoms with Crippen LogP contribution in [0.5, 0.6) is 5.75 Å². The summed E-state index contributed by atoms with van der Waals surface area (Å²) in [4.78, 5) is 14.9. The fourth-order valence-electron chi connectivity index (χ4n) is 3.87. The van der Waals surface area contributed by atoms with Crippen molar-refractivity contribution in [3.63, 3.8) is 0 Å². The van der Waals surface area contributed by atoms with Gasteiger partial charge in [0.25, 0.3) is 5.91 Å². The van der Waals surface area contributed by atoms with Crippen LogP contribution in [0.25, 0.3) is 0 Å². The molecule has 2 aliphatic heterocycles. The number of carbonyl (C=O) groups is 1. The second kappa shape index (κ2) is 5.68. The predicted molar refractivity (Wildman–Crippen MR) is 82.5 cm³/mol. The first-order valence-corrected chi connectivity index (χ1v) is 7.87. The zero-order valence-electron chi connectivity index (χ0n) is 12.8. The first kappa shape index (κ1) is 14.4. The van der Waals surface area contributed by atoms with E-state index in [4.69, 9.17) is 0 Å². The van der Waals surface area contributed by atoms with Crippen molar-refractivity contribution in [2.75, 3.05) is 7.05 Å². The largest absolute Gasteiger partial charge is 0.508 e. The summed E-state index contributed by atoms with van der Waals surface area (Å²) < 4.78 is 0. The maximum Gasteiger partial charge on any atom is 0.251 e. The highest BCUT2D eigenvalue weighted by Gasteiger charge is 2.36. The molecule has 2 saturated heterocycles. The van der Waals surface area contributed by atoms with Crippen molar-refractivity contribution >= 4 is 5.91 Å².